The predicted octanol–water partition coefficient (Wildman–Crippen LogP) is 2.58. The molecular weight excluding hydrogens is 362 g/mol. The molecule has 25 heavy (non-hydrogen) atoms. The van der Waals surface area contributed by atoms with E-state index in [1.807, 2.05) is 0 Å². The Morgan fingerprint density at radius 1 is 1.24 bits per heavy atom. The van der Waals surface area contributed by atoms with E-state index in [0.717, 1.165) is 32.1 Å². The first-order valence-electron chi connectivity index (χ1n) is 8.73. The number of nitrogens with one attached hydrogen (secondary N) is 1. The van der Waals surface area contributed by atoms with Gasteiger partial charge < -0.3 is 11.1 Å². The van der Waals surface area contributed by atoms with Crippen LogP contribution in [0.3, 0.4) is 0 Å². The maximum atomic E-state index is 12.7. The lowest BCUT2D eigenvalue weighted by molar-refractivity contribution is -0.117. The molecule has 6 nitrogen and oxygen atoms in total. The van der Waals surface area contributed by atoms with Gasteiger partial charge in [0.25, 0.3) is 0 Å². The molecule has 3 rings (SSSR count). The smallest absolute Gasteiger partial charge is 0.244 e. The summed E-state index contributed by atoms with van der Waals surface area (Å²) in [7, 11) is -3.63. The number of nitrogens with zero attached hydrogens (tertiary/aromatic N) is 1. The van der Waals surface area contributed by atoms with Crippen molar-refractivity contribution in [3.05, 3.63) is 23.2 Å². The molecule has 8 heteroatoms. The molecule has 138 valence electrons. The molecule has 2 fully saturated rings. The van der Waals surface area contributed by atoms with E-state index in [2.05, 4.69) is 5.32 Å². The van der Waals surface area contributed by atoms with Crippen molar-refractivity contribution < 1.29 is 13.2 Å². The number of benzene rings is 1. The van der Waals surface area contributed by atoms with Crippen LogP contribution >= 0.6 is 11.6 Å². The number of carbonyl (C=O) groups excluding carboxylic acids is 1. The zero-order chi connectivity index (χ0) is 18.0. The van der Waals surface area contributed by atoms with E-state index in [1.165, 1.54) is 16.4 Å². The zero-order valence-electron chi connectivity index (χ0n) is 14.1. The van der Waals surface area contributed by atoms with Crippen molar-refractivity contribution in [3.8, 4) is 0 Å². The maximum absolute atomic E-state index is 12.7. The summed E-state index contributed by atoms with van der Waals surface area (Å²) in [5, 5.41) is 2.95. The van der Waals surface area contributed by atoms with Crippen LogP contribution in [0.1, 0.15) is 38.5 Å². The zero-order valence-corrected chi connectivity index (χ0v) is 15.7. The quantitative estimate of drug-likeness (QED) is 0.814. The highest BCUT2D eigenvalue weighted by Crippen LogP contribution is 2.30. The molecule has 0 spiro atoms. The number of nitrogens with two attached hydrogens (primary N) is 1. The predicted molar refractivity (Wildman–Crippen MR) is 98.0 cm³/mol. The van der Waals surface area contributed by atoms with Gasteiger partial charge in [0, 0.05) is 31.2 Å². The van der Waals surface area contributed by atoms with Gasteiger partial charge in [-0.3, -0.25) is 4.79 Å². The van der Waals surface area contributed by atoms with Crippen molar-refractivity contribution in [2.45, 2.75) is 49.5 Å². The van der Waals surface area contributed by atoms with Gasteiger partial charge in [0.05, 0.1) is 5.02 Å². The van der Waals surface area contributed by atoms with Gasteiger partial charge in [0.1, 0.15) is 4.90 Å². The van der Waals surface area contributed by atoms with E-state index < -0.39 is 10.0 Å². The highest BCUT2D eigenvalue weighted by molar-refractivity contribution is 7.89. The number of amides is 1. The lowest BCUT2D eigenvalue weighted by Crippen LogP contribution is -2.29. The Bertz CT molecular complexity index is 748. The molecule has 3 N–H and O–H groups in total. The fraction of sp³-hybridized carbons (Fsp3) is 0.588. The lowest BCUT2D eigenvalue weighted by atomic mass is 10.00. The van der Waals surface area contributed by atoms with E-state index >= 15 is 0 Å². The highest BCUT2D eigenvalue weighted by Gasteiger charge is 2.30. The van der Waals surface area contributed by atoms with E-state index in [1.54, 1.807) is 6.07 Å². The van der Waals surface area contributed by atoms with Crippen LogP contribution in [0.25, 0.3) is 0 Å². The summed E-state index contributed by atoms with van der Waals surface area (Å²) in [5.74, 6) is 0.0503. The summed E-state index contributed by atoms with van der Waals surface area (Å²) >= 11 is 6.12. The third-order valence-electron chi connectivity index (χ3n) is 5.06. The third-order valence-corrected chi connectivity index (χ3v) is 7.44. The SMILES string of the molecule is N[C@@H]1CCC[C@H]1CC(=O)Nc1ccc(Cl)c(S(=O)(=O)N2CCCC2)c1. The van der Waals surface area contributed by atoms with Crippen molar-refractivity contribution in [2.24, 2.45) is 11.7 Å². The summed E-state index contributed by atoms with van der Waals surface area (Å²) < 4.78 is 26.9. The van der Waals surface area contributed by atoms with Crippen LogP contribution in [0.2, 0.25) is 5.02 Å². The van der Waals surface area contributed by atoms with Gasteiger partial charge in [-0.2, -0.15) is 4.31 Å². The number of halogens is 1. The average Bonchev–Trinajstić information content (AvgIpc) is 3.22. The number of anilines is 1. The van der Waals surface area contributed by atoms with Crippen molar-refractivity contribution >= 4 is 33.2 Å². The number of carbonyl (C=O) groups is 1. The van der Waals surface area contributed by atoms with E-state index in [-0.39, 0.29) is 27.8 Å². The van der Waals surface area contributed by atoms with Gasteiger partial charge in [0.2, 0.25) is 15.9 Å². The van der Waals surface area contributed by atoms with Gasteiger partial charge in [-0.05, 0) is 49.8 Å². The average molecular weight is 386 g/mol. The van der Waals surface area contributed by atoms with Crippen LogP contribution in [0.5, 0.6) is 0 Å². The molecule has 1 aromatic rings. The highest BCUT2D eigenvalue weighted by atomic mass is 35.5. The molecule has 1 aromatic carbocycles. The molecule has 0 aromatic heterocycles. The second-order valence-corrected chi connectivity index (χ2v) is 9.18. The molecule has 0 radical (unpaired) electrons. The van der Waals surface area contributed by atoms with Crippen molar-refractivity contribution in [1.29, 1.82) is 0 Å². The van der Waals surface area contributed by atoms with Gasteiger partial charge >= 0.3 is 0 Å². The minimum atomic E-state index is -3.63. The fourth-order valence-corrected chi connectivity index (χ4v) is 5.63. The largest absolute Gasteiger partial charge is 0.327 e. The first-order chi connectivity index (χ1) is 11.9. The molecule has 1 heterocycles. The summed E-state index contributed by atoms with van der Waals surface area (Å²) in [5.41, 5.74) is 6.45. The van der Waals surface area contributed by atoms with Crippen LogP contribution in [0.15, 0.2) is 23.1 Å². The molecule has 1 aliphatic carbocycles. The first-order valence-corrected chi connectivity index (χ1v) is 10.5. The molecule has 1 saturated carbocycles. The molecule has 1 amide bonds. The maximum Gasteiger partial charge on any atom is 0.244 e. The summed E-state index contributed by atoms with van der Waals surface area (Å²) in [4.78, 5) is 12.3. The van der Waals surface area contributed by atoms with Crippen molar-refractivity contribution in [1.82, 2.24) is 4.31 Å². The van der Waals surface area contributed by atoms with Crippen molar-refractivity contribution in [2.75, 3.05) is 18.4 Å². The molecule has 1 aliphatic heterocycles. The summed E-state index contributed by atoms with van der Waals surface area (Å²) in [6.45, 7) is 1.02. The Morgan fingerprint density at radius 2 is 1.96 bits per heavy atom. The van der Waals surface area contributed by atoms with Gasteiger partial charge in [-0.15, -0.1) is 0 Å². The molecular formula is C17H24ClN3O3S. The monoisotopic (exact) mass is 385 g/mol. The van der Waals surface area contributed by atoms with E-state index in [9.17, 15) is 13.2 Å². The normalized spacial score (nSPS) is 24.6. The van der Waals surface area contributed by atoms with Gasteiger partial charge in [-0.25, -0.2) is 8.42 Å². The minimum Gasteiger partial charge on any atom is -0.327 e. The Kier molecular flexibility index (Phi) is 5.68. The Balaban J connectivity index is 1.74. The molecule has 0 bridgehead atoms. The minimum absolute atomic E-state index is 0.0476. The third kappa shape index (κ3) is 4.16. The topological polar surface area (TPSA) is 92.5 Å². The van der Waals surface area contributed by atoms with Crippen LogP contribution in [0.4, 0.5) is 5.69 Å². The second-order valence-electron chi connectivity index (χ2n) is 6.86. The Morgan fingerprint density at radius 3 is 2.60 bits per heavy atom. The standard InChI is InChI=1S/C17H24ClN3O3S/c18-14-7-6-13(20-17(22)10-12-4-3-5-15(12)19)11-16(14)25(23,24)21-8-1-2-9-21/h6-7,11-12,15H,1-5,8-10,19H2,(H,20,22)/t12-,15+/m0/s1. The number of sulfonamides is 1. The van der Waals surface area contributed by atoms with E-state index in [0.29, 0.717) is 25.2 Å². The van der Waals surface area contributed by atoms with E-state index in [4.69, 9.17) is 17.3 Å². The Labute approximate surface area is 153 Å². The molecule has 1 saturated heterocycles. The van der Waals surface area contributed by atoms with Crippen molar-refractivity contribution in [3.63, 3.8) is 0 Å². The molecule has 2 atom stereocenters. The number of hydrogen-bond acceptors (Lipinski definition) is 4. The van der Waals surface area contributed by atoms with Gasteiger partial charge in [-0.1, -0.05) is 18.0 Å². The first kappa shape index (κ1) is 18.6. The van der Waals surface area contributed by atoms with Gasteiger partial charge in [0.15, 0.2) is 0 Å². The summed E-state index contributed by atoms with van der Waals surface area (Å²) in [6, 6.07) is 4.66. The Hall–Kier alpha value is -1.15. The fourth-order valence-electron chi connectivity index (χ4n) is 3.62. The van der Waals surface area contributed by atoms with Crippen LogP contribution in [-0.4, -0.2) is 37.8 Å². The second kappa shape index (κ2) is 7.61. The molecule has 2 aliphatic rings. The number of rotatable bonds is 5. The number of hydrogen-bond donors (Lipinski definition) is 2. The summed E-state index contributed by atoms with van der Waals surface area (Å²) in [6.07, 6.45) is 5.04. The van der Waals surface area contributed by atoms with Crippen LogP contribution in [0, 0.1) is 5.92 Å². The molecule has 0 unspecified atom stereocenters. The lowest BCUT2D eigenvalue weighted by Gasteiger charge is -2.18. The van der Waals surface area contributed by atoms with Crippen LogP contribution in [-0.2, 0) is 14.8 Å². The van der Waals surface area contributed by atoms with Crippen LogP contribution < -0.4 is 11.1 Å².